The highest BCUT2D eigenvalue weighted by molar-refractivity contribution is 9.10. The molecule has 7 heteroatoms. The van der Waals surface area contributed by atoms with Crippen molar-refractivity contribution in [2.75, 3.05) is 11.9 Å². The van der Waals surface area contributed by atoms with E-state index in [0.29, 0.717) is 16.7 Å². The van der Waals surface area contributed by atoms with E-state index >= 15 is 0 Å². The van der Waals surface area contributed by atoms with Crippen molar-refractivity contribution < 1.29 is 4.92 Å². The number of nitrogens with zero attached hydrogens (tertiary/aromatic N) is 2. The Kier molecular flexibility index (Phi) is 4.39. The van der Waals surface area contributed by atoms with Crippen molar-refractivity contribution in [2.45, 2.75) is 19.3 Å². The Hall–Kier alpha value is -1.47. The van der Waals surface area contributed by atoms with E-state index in [-0.39, 0.29) is 11.1 Å². The summed E-state index contributed by atoms with van der Waals surface area (Å²) in [5.74, 6) is 0. The van der Waals surface area contributed by atoms with E-state index in [1.165, 1.54) is 11.1 Å². The molecule has 0 atom stereocenters. The molecule has 0 saturated carbocycles. The third-order valence-electron chi connectivity index (χ3n) is 2.97. The molecule has 0 radical (unpaired) electrons. The highest BCUT2D eigenvalue weighted by Gasteiger charge is 2.24. The van der Waals surface area contributed by atoms with Crippen LogP contribution in [-0.4, -0.2) is 16.5 Å². The van der Waals surface area contributed by atoms with Crippen molar-refractivity contribution in [3.63, 3.8) is 0 Å². The van der Waals surface area contributed by atoms with Crippen molar-refractivity contribution in [3.8, 4) is 0 Å². The number of hydrogen-bond donors (Lipinski definition) is 1. The van der Waals surface area contributed by atoms with Crippen LogP contribution >= 0.6 is 27.3 Å². The van der Waals surface area contributed by atoms with Crippen molar-refractivity contribution in [1.29, 1.82) is 0 Å². The zero-order valence-electron chi connectivity index (χ0n) is 11.1. The van der Waals surface area contributed by atoms with E-state index in [2.05, 4.69) is 46.1 Å². The molecular formula is C13H14BrN3O2S. The summed E-state index contributed by atoms with van der Waals surface area (Å²) in [6.07, 6.45) is 2.80. The van der Waals surface area contributed by atoms with Gasteiger partial charge in [-0.1, -0.05) is 19.9 Å². The van der Waals surface area contributed by atoms with Gasteiger partial charge in [-0.25, -0.2) is 0 Å². The van der Waals surface area contributed by atoms with Gasteiger partial charge in [-0.2, -0.15) is 0 Å². The fraction of sp³-hybridized carbons (Fsp3) is 0.308. The summed E-state index contributed by atoms with van der Waals surface area (Å²) in [7, 11) is 0. The number of hydrogen-bond acceptors (Lipinski definition) is 5. The average molecular weight is 356 g/mol. The van der Waals surface area contributed by atoms with Gasteiger partial charge in [-0.15, -0.1) is 11.3 Å². The third kappa shape index (κ3) is 3.16. The van der Waals surface area contributed by atoms with Crippen molar-refractivity contribution in [1.82, 2.24) is 4.98 Å². The Morgan fingerprint density at radius 1 is 1.50 bits per heavy atom. The fourth-order valence-corrected chi connectivity index (χ4v) is 3.11. The predicted molar refractivity (Wildman–Crippen MR) is 84.4 cm³/mol. The van der Waals surface area contributed by atoms with Crippen molar-refractivity contribution in [3.05, 3.63) is 49.4 Å². The first-order valence-corrected chi connectivity index (χ1v) is 7.65. The molecule has 0 aliphatic carbocycles. The second-order valence-corrected chi connectivity index (χ2v) is 6.79. The molecular weight excluding hydrogens is 342 g/mol. The van der Waals surface area contributed by atoms with E-state index in [0.717, 1.165) is 0 Å². The number of nitro groups is 1. The second-order valence-electron chi connectivity index (χ2n) is 4.99. The highest BCUT2D eigenvalue weighted by atomic mass is 79.9. The first-order valence-electron chi connectivity index (χ1n) is 5.97. The van der Waals surface area contributed by atoms with Crippen LogP contribution in [0.4, 0.5) is 11.4 Å². The monoisotopic (exact) mass is 355 g/mol. The molecule has 2 aromatic rings. The minimum Gasteiger partial charge on any atom is -0.378 e. The summed E-state index contributed by atoms with van der Waals surface area (Å²) in [6.45, 7) is 4.80. The molecule has 0 bridgehead atoms. The molecule has 0 aliphatic rings. The molecule has 20 heavy (non-hydrogen) atoms. The van der Waals surface area contributed by atoms with Crippen molar-refractivity contribution in [2.24, 2.45) is 0 Å². The van der Waals surface area contributed by atoms with Gasteiger partial charge >= 0.3 is 5.69 Å². The molecule has 0 spiro atoms. The maximum Gasteiger partial charge on any atom is 0.311 e. The summed E-state index contributed by atoms with van der Waals surface area (Å²) >= 11 is 4.99. The smallest absolute Gasteiger partial charge is 0.311 e. The molecule has 0 saturated heterocycles. The maximum absolute atomic E-state index is 11.0. The van der Waals surface area contributed by atoms with Gasteiger partial charge in [0.05, 0.1) is 9.40 Å². The number of nitrogens with one attached hydrogen (secondary N) is 1. The van der Waals surface area contributed by atoms with E-state index < -0.39 is 4.92 Å². The Bertz CT molecular complexity index is 614. The van der Waals surface area contributed by atoms with Gasteiger partial charge in [0.1, 0.15) is 11.9 Å². The molecule has 2 aromatic heterocycles. The van der Waals surface area contributed by atoms with E-state index in [1.807, 2.05) is 11.4 Å². The number of rotatable bonds is 5. The maximum atomic E-state index is 11.0. The van der Waals surface area contributed by atoms with Gasteiger partial charge in [-0.3, -0.25) is 15.1 Å². The molecule has 0 aliphatic heterocycles. The minimum atomic E-state index is -0.432. The Morgan fingerprint density at radius 3 is 2.85 bits per heavy atom. The third-order valence-corrected chi connectivity index (χ3v) is 4.81. The molecule has 0 unspecified atom stereocenters. The van der Waals surface area contributed by atoms with Gasteiger partial charge in [0, 0.05) is 23.0 Å². The normalized spacial score (nSPS) is 11.3. The van der Waals surface area contributed by atoms with Gasteiger partial charge in [0.15, 0.2) is 0 Å². The van der Waals surface area contributed by atoms with Crippen LogP contribution in [0, 0.1) is 10.1 Å². The molecule has 0 amide bonds. The van der Waals surface area contributed by atoms with Crippen molar-refractivity contribution >= 4 is 38.6 Å². The Morgan fingerprint density at radius 2 is 2.25 bits per heavy atom. The summed E-state index contributed by atoms with van der Waals surface area (Å²) < 4.78 is 0.591. The Labute approximate surface area is 129 Å². The van der Waals surface area contributed by atoms with E-state index in [9.17, 15) is 10.1 Å². The number of halogens is 1. The summed E-state index contributed by atoms with van der Waals surface area (Å²) in [5, 5.41) is 16.2. The van der Waals surface area contributed by atoms with Crippen LogP contribution in [0.1, 0.15) is 18.7 Å². The number of anilines is 1. The first-order chi connectivity index (χ1) is 9.42. The van der Waals surface area contributed by atoms with Gasteiger partial charge in [-0.05, 0) is 27.4 Å². The van der Waals surface area contributed by atoms with Crippen LogP contribution in [0.15, 0.2) is 34.4 Å². The van der Waals surface area contributed by atoms with Gasteiger partial charge in [0.25, 0.3) is 0 Å². The lowest BCUT2D eigenvalue weighted by Gasteiger charge is -2.24. The van der Waals surface area contributed by atoms with Crippen LogP contribution in [0.25, 0.3) is 0 Å². The zero-order valence-corrected chi connectivity index (χ0v) is 13.5. The summed E-state index contributed by atoms with van der Waals surface area (Å²) in [4.78, 5) is 15.7. The average Bonchev–Trinajstić information content (AvgIpc) is 2.91. The summed E-state index contributed by atoms with van der Waals surface area (Å²) in [5.41, 5.74) is 0.334. The molecule has 5 nitrogen and oxygen atoms in total. The van der Waals surface area contributed by atoms with Crippen LogP contribution in [0.2, 0.25) is 0 Å². The number of thiophene rings is 1. The predicted octanol–water partition coefficient (Wildman–Crippen LogP) is 4.20. The fourth-order valence-electron chi connectivity index (χ4n) is 1.80. The summed E-state index contributed by atoms with van der Waals surface area (Å²) in [6, 6.07) is 4.08. The topological polar surface area (TPSA) is 68.1 Å². The minimum absolute atomic E-state index is 0.0265. The molecule has 2 heterocycles. The van der Waals surface area contributed by atoms with Crippen LogP contribution in [-0.2, 0) is 5.41 Å². The van der Waals surface area contributed by atoms with Crippen LogP contribution < -0.4 is 5.32 Å². The lowest BCUT2D eigenvalue weighted by atomic mass is 9.91. The highest BCUT2D eigenvalue weighted by Crippen LogP contribution is 2.33. The molecule has 106 valence electrons. The molecule has 0 fully saturated rings. The van der Waals surface area contributed by atoms with Gasteiger partial charge < -0.3 is 5.32 Å². The van der Waals surface area contributed by atoms with E-state index in [1.54, 1.807) is 17.5 Å². The molecule has 2 rings (SSSR count). The lowest BCUT2D eigenvalue weighted by Crippen LogP contribution is -2.27. The molecule has 0 aromatic carbocycles. The largest absolute Gasteiger partial charge is 0.378 e. The second kappa shape index (κ2) is 5.88. The lowest BCUT2D eigenvalue weighted by molar-refractivity contribution is -0.384. The van der Waals surface area contributed by atoms with Gasteiger partial charge in [0.2, 0.25) is 0 Å². The SMILES string of the molecule is CC(C)(CNc1c(Br)cncc1[N+](=O)[O-])c1cccs1. The van der Waals surface area contributed by atoms with E-state index in [4.69, 9.17) is 0 Å². The molecule has 1 N–H and O–H groups in total. The standard InChI is InChI=1S/C13H14BrN3O2S/c1-13(2,11-4-3-5-20-11)8-16-12-9(14)6-15-7-10(12)17(18)19/h3-7H,8H2,1-2H3,(H,15,16). The Balaban J connectivity index is 2.21. The number of pyridine rings is 1. The number of aromatic nitrogens is 1. The quantitative estimate of drug-likeness (QED) is 0.644. The zero-order chi connectivity index (χ0) is 14.8. The van der Waals surface area contributed by atoms with Crippen LogP contribution in [0.5, 0.6) is 0 Å². The first kappa shape index (κ1) is 14.9. The van der Waals surface area contributed by atoms with Crippen LogP contribution in [0.3, 0.4) is 0 Å².